The quantitative estimate of drug-likeness (QED) is 0.338. The molecule has 1 aromatic heterocycles. The van der Waals surface area contributed by atoms with E-state index in [4.69, 9.17) is 9.47 Å². The molecule has 40 heavy (non-hydrogen) atoms. The molecule has 2 aliphatic heterocycles. The minimum absolute atomic E-state index is 0.0553. The molecule has 9 nitrogen and oxygen atoms in total. The van der Waals surface area contributed by atoms with Gasteiger partial charge in [0, 0.05) is 49.1 Å². The lowest BCUT2D eigenvalue weighted by Crippen LogP contribution is -2.53. The molecule has 1 aromatic carbocycles. The van der Waals surface area contributed by atoms with Crippen LogP contribution in [0.15, 0.2) is 53.7 Å². The van der Waals surface area contributed by atoms with Crippen molar-refractivity contribution in [1.29, 1.82) is 5.26 Å². The van der Waals surface area contributed by atoms with Crippen LogP contribution in [0.25, 0.3) is 0 Å². The highest BCUT2D eigenvalue weighted by atomic mass is 32.5. The summed E-state index contributed by atoms with van der Waals surface area (Å²) in [5.74, 6) is -1.49. The summed E-state index contributed by atoms with van der Waals surface area (Å²) in [7, 11) is -8.61. The lowest BCUT2D eigenvalue weighted by atomic mass is 9.88. The highest BCUT2D eigenvalue weighted by Gasteiger charge is 2.65. The van der Waals surface area contributed by atoms with Gasteiger partial charge in [-0.3, -0.25) is 24.4 Å². The van der Waals surface area contributed by atoms with E-state index >= 15 is 0 Å². The van der Waals surface area contributed by atoms with Gasteiger partial charge < -0.3 is 14.8 Å². The summed E-state index contributed by atoms with van der Waals surface area (Å²) in [5.41, 5.74) is -0.399. The summed E-state index contributed by atoms with van der Waals surface area (Å²) in [4.78, 5) is 31.7. The number of ether oxygens (including phenoxy) is 2. The van der Waals surface area contributed by atoms with E-state index < -0.39 is 45.1 Å². The van der Waals surface area contributed by atoms with Crippen LogP contribution in [0.5, 0.6) is 0 Å². The van der Waals surface area contributed by atoms with Gasteiger partial charge in [-0.2, -0.15) is 5.26 Å². The summed E-state index contributed by atoms with van der Waals surface area (Å²) in [6.45, 7) is 2.91. The van der Waals surface area contributed by atoms with E-state index in [2.05, 4.69) is 10.3 Å². The van der Waals surface area contributed by atoms with Gasteiger partial charge in [0.15, 0.2) is 6.19 Å². The Morgan fingerprint density at radius 3 is 2.42 bits per heavy atom. The Balaban J connectivity index is 1.81. The number of carbonyl (C=O) groups excluding carboxylic acids is 2. The second kappa shape index (κ2) is 9.86. The van der Waals surface area contributed by atoms with E-state index in [9.17, 15) is 34.3 Å². The number of halogens is 5. The minimum Gasteiger partial charge on any atom is -0.380 e. The Morgan fingerprint density at radius 2 is 1.93 bits per heavy atom. The van der Waals surface area contributed by atoms with Crippen LogP contribution < -0.4 is 10.2 Å². The van der Waals surface area contributed by atoms with Crippen LogP contribution >= 0.6 is 10.2 Å². The third kappa shape index (κ3) is 6.29. The number of carbonyl (C=O) groups is 2. The molecule has 0 saturated carbocycles. The first kappa shape index (κ1) is 29.5. The number of nitriles is 1. The number of aromatic nitrogens is 1. The summed E-state index contributed by atoms with van der Waals surface area (Å²) in [5, 5.41) is 12.4. The number of methoxy groups -OCH3 is 1. The predicted molar refractivity (Wildman–Crippen MR) is 136 cm³/mol. The molecule has 218 valence electrons. The molecule has 2 aliphatic rings. The van der Waals surface area contributed by atoms with Crippen LogP contribution in [-0.2, 0) is 19.1 Å². The number of pyridine rings is 1. The smallest absolute Gasteiger partial charge is 0.310 e. The number of likely N-dealkylation sites (tertiary alicyclic amines) is 1. The summed E-state index contributed by atoms with van der Waals surface area (Å²) in [6, 6.07) is 2.20. The Bertz CT molecular complexity index is 1300. The summed E-state index contributed by atoms with van der Waals surface area (Å²) >= 11 is 0. The Hall–Kier alpha value is -3.48. The van der Waals surface area contributed by atoms with E-state index in [-0.39, 0.29) is 48.3 Å². The van der Waals surface area contributed by atoms with Gasteiger partial charge in [0.1, 0.15) is 17.0 Å². The second-order valence-corrected chi connectivity index (χ2v) is 12.7. The fraction of sp³-hybridized carbons (Fsp3) is 0.440. The molecule has 0 spiro atoms. The van der Waals surface area contributed by atoms with Gasteiger partial charge in [0.25, 0.3) is 5.91 Å². The number of rotatable bonds is 9. The molecule has 0 aliphatic carbocycles. The van der Waals surface area contributed by atoms with E-state index in [1.165, 1.54) is 31.6 Å². The molecule has 1 unspecified atom stereocenters. The number of nitrogens with one attached hydrogen (secondary N) is 1. The van der Waals surface area contributed by atoms with Crippen molar-refractivity contribution in [2.24, 2.45) is 5.41 Å². The van der Waals surface area contributed by atoms with Gasteiger partial charge in [-0.1, -0.05) is 32.4 Å². The molecule has 1 N–H and O–H groups in total. The lowest BCUT2D eigenvalue weighted by molar-refractivity contribution is -0.131. The fourth-order valence-corrected chi connectivity index (χ4v) is 5.30. The predicted octanol–water partition coefficient (Wildman–Crippen LogP) is 4.54. The van der Waals surface area contributed by atoms with E-state index in [1.54, 1.807) is 0 Å². The van der Waals surface area contributed by atoms with E-state index in [1.807, 2.05) is 13.1 Å². The second-order valence-electron chi connectivity index (χ2n) is 10.2. The third-order valence-electron chi connectivity index (χ3n) is 6.90. The minimum atomic E-state index is -10.0. The maximum atomic E-state index is 14.1. The number of anilines is 1. The number of hydrogen-bond acceptors (Lipinski definition) is 7. The molecule has 2 amide bonds. The van der Waals surface area contributed by atoms with Gasteiger partial charge in [0.05, 0.1) is 25.9 Å². The molecule has 15 heteroatoms. The van der Waals surface area contributed by atoms with Gasteiger partial charge in [-0.15, -0.1) is 0 Å². The number of hydrogen-bond donors (Lipinski definition) is 1. The first-order chi connectivity index (χ1) is 18.5. The summed E-state index contributed by atoms with van der Waals surface area (Å²) < 4.78 is 77.8. The van der Waals surface area contributed by atoms with Crippen molar-refractivity contribution in [3.8, 4) is 6.19 Å². The van der Waals surface area contributed by atoms with Gasteiger partial charge in [0.2, 0.25) is 5.91 Å². The van der Waals surface area contributed by atoms with Crippen LogP contribution in [0, 0.1) is 16.9 Å². The average Bonchev–Trinajstić information content (AvgIpc) is 3.32. The largest absolute Gasteiger partial charge is 0.380 e. The molecule has 3 heterocycles. The van der Waals surface area contributed by atoms with Crippen molar-refractivity contribution in [3.63, 3.8) is 0 Å². The Kier molecular flexibility index (Phi) is 7.27. The topological polar surface area (TPSA) is 108 Å². The number of benzene rings is 1. The first-order valence-electron chi connectivity index (χ1n) is 12.2. The number of amides is 2. The Morgan fingerprint density at radius 1 is 1.25 bits per heavy atom. The normalized spacial score (nSPS) is 22.7. The lowest BCUT2D eigenvalue weighted by Gasteiger charge is -2.41. The van der Waals surface area contributed by atoms with Crippen molar-refractivity contribution < 1.29 is 38.5 Å². The number of nitrogens with zero attached hydrogens (tertiary/aromatic N) is 4. The van der Waals surface area contributed by atoms with Gasteiger partial charge >= 0.3 is 10.2 Å². The monoisotopic (exact) mass is 589 g/mol. The Labute approximate surface area is 227 Å². The third-order valence-corrected chi connectivity index (χ3v) is 8.07. The van der Waals surface area contributed by atoms with Crippen LogP contribution in [0.2, 0.25) is 0 Å². The summed E-state index contributed by atoms with van der Waals surface area (Å²) in [6.07, 6.45) is 4.20. The first-order valence-corrected chi connectivity index (χ1v) is 14.1. The molecular formula is C25H28F5N5O4S. The molecule has 2 aromatic rings. The molecule has 2 saturated heterocycles. The van der Waals surface area contributed by atoms with Crippen molar-refractivity contribution in [3.05, 3.63) is 54.4 Å². The maximum absolute atomic E-state index is 14.1. The highest BCUT2D eigenvalue weighted by Crippen LogP contribution is 3.02. The van der Waals surface area contributed by atoms with Crippen molar-refractivity contribution >= 4 is 27.7 Å². The maximum Gasteiger partial charge on any atom is 0.310 e. The fourth-order valence-electron chi connectivity index (χ4n) is 4.65. The molecule has 3 atom stereocenters. The molecule has 4 rings (SSSR count). The van der Waals surface area contributed by atoms with Crippen LogP contribution in [0.3, 0.4) is 0 Å². The molecular weight excluding hydrogens is 561 g/mol. The highest BCUT2D eigenvalue weighted by molar-refractivity contribution is 8.45. The van der Waals surface area contributed by atoms with Crippen molar-refractivity contribution in [1.82, 2.24) is 15.2 Å². The molecule has 0 radical (unpaired) electrons. The van der Waals surface area contributed by atoms with Gasteiger partial charge in [-0.25, -0.2) is 0 Å². The van der Waals surface area contributed by atoms with Crippen molar-refractivity contribution in [2.45, 2.75) is 36.4 Å². The van der Waals surface area contributed by atoms with Crippen LogP contribution in [0.4, 0.5) is 25.1 Å². The zero-order valence-corrected chi connectivity index (χ0v) is 22.4. The standard InChI is InChI=1S/C25H28F5N5O4S/c1-25(14-39-15-25)13-33-23(36)22(17-4-3-9-32-11-17)35(24(37)21-10-19(38-2)12-34(21)16-31)18-5-7-20(8-6-18)40(26,27,28,29)30/h3-9,11,19,21-22H,10,12-15H2,1-2H3,(H,33,36)/t19-,21-,22?/m1/s1. The van der Waals surface area contributed by atoms with Gasteiger partial charge in [-0.05, 0) is 30.3 Å². The van der Waals surface area contributed by atoms with E-state index in [0.717, 1.165) is 9.80 Å². The zero-order valence-electron chi connectivity index (χ0n) is 21.6. The van der Waals surface area contributed by atoms with Crippen LogP contribution in [0.1, 0.15) is 24.9 Å². The van der Waals surface area contributed by atoms with Crippen molar-refractivity contribution in [2.75, 3.05) is 38.3 Å². The average molecular weight is 590 g/mol. The molecule has 2 fully saturated rings. The van der Waals surface area contributed by atoms with E-state index in [0.29, 0.717) is 25.3 Å². The van der Waals surface area contributed by atoms with Crippen LogP contribution in [-0.4, -0.2) is 67.3 Å². The SMILES string of the molecule is CO[C@@H]1C[C@H](C(=O)N(c2ccc(S(F)(F)(F)(F)F)cc2)C(C(=O)NCC2(C)COC2)c2cccnc2)N(C#N)C1. The zero-order chi connectivity index (χ0) is 29.4. The molecule has 0 bridgehead atoms.